The molecule has 0 saturated heterocycles. The molecular formula is C23H22ClFN2O4S. The Morgan fingerprint density at radius 3 is 2.44 bits per heavy atom. The molecule has 9 heteroatoms. The van der Waals surface area contributed by atoms with Crippen molar-refractivity contribution in [1.82, 2.24) is 4.90 Å². The van der Waals surface area contributed by atoms with Gasteiger partial charge in [-0.15, -0.1) is 0 Å². The molecule has 0 spiro atoms. The van der Waals surface area contributed by atoms with Crippen molar-refractivity contribution in [2.45, 2.75) is 18.4 Å². The normalized spacial score (nSPS) is 11.1. The zero-order valence-electron chi connectivity index (χ0n) is 17.5. The minimum atomic E-state index is -3.81. The fourth-order valence-electron chi connectivity index (χ4n) is 2.90. The van der Waals surface area contributed by atoms with Gasteiger partial charge in [0.2, 0.25) is 0 Å². The number of halogens is 2. The highest BCUT2D eigenvalue weighted by atomic mass is 35.5. The van der Waals surface area contributed by atoms with Gasteiger partial charge >= 0.3 is 0 Å². The van der Waals surface area contributed by atoms with Crippen molar-refractivity contribution < 1.29 is 22.3 Å². The highest BCUT2D eigenvalue weighted by Crippen LogP contribution is 2.24. The third kappa shape index (κ3) is 5.99. The van der Waals surface area contributed by atoms with Gasteiger partial charge in [0.1, 0.15) is 11.6 Å². The topological polar surface area (TPSA) is 75.7 Å². The van der Waals surface area contributed by atoms with Gasteiger partial charge in [-0.1, -0.05) is 29.8 Å². The molecule has 0 fully saturated rings. The van der Waals surface area contributed by atoms with Crippen LogP contribution in [0.15, 0.2) is 71.6 Å². The van der Waals surface area contributed by atoms with Crippen LogP contribution >= 0.6 is 11.6 Å². The zero-order chi connectivity index (χ0) is 23.3. The predicted molar refractivity (Wildman–Crippen MR) is 122 cm³/mol. The Morgan fingerprint density at radius 2 is 1.78 bits per heavy atom. The van der Waals surface area contributed by atoms with Gasteiger partial charge in [0.05, 0.1) is 4.90 Å². The van der Waals surface area contributed by atoms with Gasteiger partial charge in [0.25, 0.3) is 15.9 Å². The van der Waals surface area contributed by atoms with Crippen molar-refractivity contribution in [3.05, 3.63) is 88.7 Å². The molecule has 0 unspecified atom stereocenters. The number of ether oxygens (including phenoxy) is 1. The summed E-state index contributed by atoms with van der Waals surface area (Å²) in [4.78, 5) is 13.8. The summed E-state index contributed by atoms with van der Waals surface area (Å²) < 4.78 is 47.1. The molecule has 0 heterocycles. The lowest BCUT2D eigenvalue weighted by Gasteiger charge is -2.18. The number of carbonyl (C=O) groups is 1. The quantitative estimate of drug-likeness (QED) is 0.514. The number of aryl methyl sites for hydroxylation is 1. The summed E-state index contributed by atoms with van der Waals surface area (Å²) in [5, 5.41) is 0.499. The number of rotatable bonds is 8. The number of hydrogen-bond donors (Lipinski definition) is 1. The summed E-state index contributed by atoms with van der Waals surface area (Å²) in [5.74, 6) is -0.343. The van der Waals surface area contributed by atoms with E-state index in [1.54, 1.807) is 56.4 Å². The summed E-state index contributed by atoms with van der Waals surface area (Å²) in [5.41, 5.74) is 1.34. The van der Waals surface area contributed by atoms with Crippen molar-refractivity contribution in [3.63, 3.8) is 0 Å². The SMILES string of the molecule is Cc1cc(S(=O)(=O)Nc2ccc(Cl)cc2)ccc1OCC(=O)N(C)Cc1ccccc1F. The average molecular weight is 477 g/mol. The number of nitrogens with one attached hydrogen (secondary N) is 1. The molecule has 0 atom stereocenters. The van der Waals surface area contributed by atoms with Crippen molar-refractivity contribution in [2.75, 3.05) is 18.4 Å². The molecule has 0 bridgehead atoms. The first-order chi connectivity index (χ1) is 15.2. The van der Waals surface area contributed by atoms with E-state index >= 15 is 0 Å². The van der Waals surface area contributed by atoms with Crippen LogP contribution in [0.4, 0.5) is 10.1 Å². The largest absolute Gasteiger partial charge is 0.483 e. The van der Waals surface area contributed by atoms with Crippen molar-refractivity contribution in [1.29, 1.82) is 0 Å². The first kappa shape index (κ1) is 23.6. The van der Waals surface area contributed by atoms with E-state index < -0.39 is 10.0 Å². The number of hydrogen-bond acceptors (Lipinski definition) is 4. The van der Waals surface area contributed by atoms with Gasteiger partial charge < -0.3 is 9.64 Å². The van der Waals surface area contributed by atoms with E-state index in [0.717, 1.165) is 0 Å². The number of anilines is 1. The zero-order valence-corrected chi connectivity index (χ0v) is 19.1. The molecule has 0 saturated carbocycles. The minimum absolute atomic E-state index is 0.0558. The Kier molecular flexibility index (Phi) is 7.37. The van der Waals surface area contributed by atoms with Crippen LogP contribution in [-0.4, -0.2) is 32.9 Å². The van der Waals surface area contributed by atoms with Gasteiger partial charge in [0, 0.05) is 29.9 Å². The molecule has 168 valence electrons. The summed E-state index contributed by atoms with van der Waals surface area (Å²) in [6.45, 7) is 1.53. The maximum Gasteiger partial charge on any atom is 0.261 e. The standard InChI is InChI=1S/C23H22ClFN2O4S/c1-16-13-20(32(29,30)26-19-9-7-18(24)8-10-19)11-12-22(16)31-15-23(28)27(2)14-17-5-3-4-6-21(17)25/h3-13,26H,14-15H2,1-2H3. The van der Waals surface area contributed by atoms with Gasteiger partial charge in [-0.05, 0) is 61.0 Å². The Bertz CT molecular complexity index is 1220. The lowest BCUT2D eigenvalue weighted by molar-refractivity contribution is -0.132. The first-order valence-electron chi connectivity index (χ1n) is 9.65. The number of nitrogens with zero attached hydrogens (tertiary/aromatic N) is 1. The van der Waals surface area contributed by atoms with E-state index in [-0.39, 0.29) is 29.8 Å². The third-order valence-electron chi connectivity index (χ3n) is 4.70. The van der Waals surface area contributed by atoms with E-state index in [9.17, 15) is 17.6 Å². The molecule has 0 radical (unpaired) electrons. The van der Waals surface area contributed by atoms with Gasteiger partial charge in [-0.3, -0.25) is 9.52 Å². The maximum absolute atomic E-state index is 13.8. The molecule has 0 aliphatic rings. The monoisotopic (exact) mass is 476 g/mol. The van der Waals surface area contributed by atoms with Crippen LogP contribution in [0.5, 0.6) is 5.75 Å². The lowest BCUT2D eigenvalue weighted by Crippen LogP contribution is -2.31. The molecule has 6 nitrogen and oxygen atoms in total. The first-order valence-corrected chi connectivity index (χ1v) is 11.5. The number of likely N-dealkylation sites (N-methyl/N-ethyl adjacent to an activating group) is 1. The number of amides is 1. The minimum Gasteiger partial charge on any atom is -0.483 e. The predicted octanol–water partition coefficient (Wildman–Crippen LogP) is 4.63. The van der Waals surface area contributed by atoms with Crippen LogP contribution in [0.2, 0.25) is 5.02 Å². The maximum atomic E-state index is 13.8. The van der Waals surface area contributed by atoms with Gasteiger partial charge in [0.15, 0.2) is 6.61 Å². The van der Waals surface area contributed by atoms with E-state index in [0.29, 0.717) is 27.6 Å². The Morgan fingerprint density at radius 1 is 1.09 bits per heavy atom. The molecule has 1 amide bonds. The van der Waals surface area contributed by atoms with Crippen LogP contribution in [0.1, 0.15) is 11.1 Å². The van der Waals surface area contributed by atoms with Crippen molar-refractivity contribution >= 4 is 33.2 Å². The molecular weight excluding hydrogens is 455 g/mol. The Balaban J connectivity index is 1.63. The molecule has 3 aromatic carbocycles. The van der Waals surface area contributed by atoms with Crippen LogP contribution in [0.3, 0.4) is 0 Å². The molecule has 0 aromatic heterocycles. The molecule has 3 rings (SSSR count). The Labute approximate surface area is 191 Å². The second-order valence-electron chi connectivity index (χ2n) is 7.17. The van der Waals surface area contributed by atoms with Crippen molar-refractivity contribution in [3.8, 4) is 5.75 Å². The Hall–Kier alpha value is -3.10. The van der Waals surface area contributed by atoms with Crippen LogP contribution in [0, 0.1) is 12.7 Å². The van der Waals surface area contributed by atoms with E-state index in [1.165, 1.54) is 29.2 Å². The summed E-state index contributed by atoms with van der Waals surface area (Å²) in [7, 11) is -2.25. The molecule has 1 N–H and O–H groups in total. The fourth-order valence-corrected chi connectivity index (χ4v) is 4.17. The lowest BCUT2D eigenvalue weighted by atomic mass is 10.2. The number of benzene rings is 3. The van der Waals surface area contributed by atoms with E-state index in [4.69, 9.17) is 16.3 Å². The fraction of sp³-hybridized carbons (Fsp3) is 0.174. The second kappa shape index (κ2) is 10.0. The molecule has 3 aromatic rings. The van der Waals surface area contributed by atoms with E-state index in [2.05, 4.69) is 4.72 Å². The van der Waals surface area contributed by atoms with E-state index in [1.807, 2.05) is 0 Å². The molecule has 32 heavy (non-hydrogen) atoms. The molecule has 0 aliphatic carbocycles. The highest BCUT2D eigenvalue weighted by molar-refractivity contribution is 7.92. The number of carbonyl (C=O) groups excluding carboxylic acids is 1. The van der Waals surface area contributed by atoms with Gasteiger partial charge in [-0.2, -0.15) is 0 Å². The third-order valence-corrected chi connectivity index (χ3v) is 6.33. The van der Waals surface area contributed by atoms with Crippen LogP contribution in [-0.2, 0) is 21.4 Å². The average Bonchev–Trinajstić information content (AvgIpc) is 2.75. The van der Waals surface area contributed by atoms with Crippen molar-refractivity contribution in [2.24, 2.45) is 0 Å². The summed E-state index contributed by atoms with van der Waals surface area (Å²) in [6.07, 6.45) is 0. The number of sulfonamides is 1. The molecule has 0 aliphatic heterocycles. The second-order valence-corrected chi connectivity index (χ2v) is 9.29. The summed E-state index contributed by atoms with van der Waals surface area (Å²) in [6, 6.07) is 16.9. The van der Waals surface area contributed by atoms with Crippen LogP contribution in [0.25, 0.3) is 0 Å². The highest BCUT2D eigenvalue weighted by Gasteiger charge is 2.17. The van der Waals surface area contributed by atoms with Gasteiger partial charge in [-0.25, -0.2) is 12.8 Å². The van der Waals surface area contributed by atoms with Crippen LogP contribution < -0.4 is 9.46 Å². The smallest absolute Gasteiger partial charge is 0.261 e. The summed E-state index contributed by atoms with van der Waals surface area (Å²) >= 11 is 5.82.